The highest BCUT2D eigenvalue weighted by atomic mass is 16.2. The van der Waals surface area contributed by atoms with Gasteiger partial charge in [0.05, 0.1) is 0 Å². The van der Waals surface area contributed by atoms with Crippen molar-refractivity contribution in [2.24, 2.45) is 5.73 Å². The Balaban J connectivity index is 1.94. The van der Waals surface area contributed by atoms with E-state index in [9.17, 15) is 9.59 Å². The van der Waals surface area contributed by atoms with Crippen molar-refractivity contribution in [3.8, 4) is 0 Å². The number of hydrogen-bond donors (Lipinski definition) is 2. The van der Waals surface area contributed by atoms with Crippen molar-refractivity contribution < 1.29 is 0 Å². The van der Waals surface area contributed by atoms with Gasteiger partial charge in [0.2, 0.25) is 0 Å². The van der Waals surface area contributed by atoms with Crippen LogP contribution in [0.1, 0.15) is 16.7 Å². The first kappa shape index (κ1) is 11.9. The normalized spacial score (nSPS) is 14.7. The third-order valence-corrected chi connectivity index (χ3v) is 3.76. The molecule has 0 radical (unpaired) electrons. The van der Waals surface area contributed by atoms with E-state index in [1.165, 1.54) is 5.56 Å². The van der Waals surface area contributed by atoms with Gasteiger partial charge in [0, 0.05) is 19.6 Å². The fourth-order valence-corrected chi connectivity index (χ4v) is 2.64. The number of rotatable bonds is 2. The van der Waals surface area contributed by atoms with Gasteiger partial charge in [-0.1, -0.05) is 18.2 Å². The Hall–Kier alpha value is -2.14. The van der Waals surface area contributed by atoms with Gasteiger partial charge in [-0.05, 0) is 23.1 Å². The molecule has 0 fully saturated rings. The van der Waals surface area contributed by atoms with Crippen molar-refractivity contribution in [1.29, 1.82) is 0 Å². The van der Waals surface area contributed by atoms with Crippen molar-refractivity contribution >= 4 is 11.4 Å². The molecule has 5 nitrogen and oxygen atoms in total. The van der Waals surface area contributed by atoms with Gasteiger partial charge in [-0.15, -0.1) is 0 Å². The van der Waals surface area contributed by atoms with Gasteiger partial charge in [0.1, 0.15) is 11.4 Å². The molecule has 0 aliphatic carbocycles. The fraction of sp³-hybridized carbons (Fsp3) is 0.286. The predicted octanol–water partition coefficient (Wildman–Crippen LogP) is -0.114. The summed E-state index contributed by atoms with van der Waals surface area (Å²) >= 11 is 0. The first-order chi connectivity index (χ1) is 9.11. The van der Waals surface area contributed by atoms with Gasteiger partial charge in [-0.2, -0.15) is 0 Å². The Morgan fingerprint density at radius 3 is 2.63 bits per heavy atom. The zero-order valence-corrected chi connectivity index (χ0v) is 10.5. The van der Waals surface area contributed by atoms with E-state index in [1.807, 2.05) is 11.0 Å². The molecule has 1 aliphatic rings. The van der Waals surface area contributed by atoms with Crippen LogP contribution in [0.5, 0.6) is 0 Å². The fourth-order valence-electron chi connectivity index (χ4n) is 2.64. The molecule has 2 aromatic carbocycles. The molecule has 19 heavy (non-hydrogen) atoms. The van der Waals surface area contributed by atoms with E-state index < -0.39 is 10.9 Å². The molecule has 4 N–H and O–H groups in total. The molecule has 0 saturated heterocycles. The van der Waals surface area contributed by atoms with E-state index in [-0.39, 0.29) is 5.69 Å². The summed E-state index contributed by atoms with van der Waals surface area (Å²) in [7, 11) is 0. The minimum Gasteiger partial charge on any atom is -0.394 e. The summed E-state index contributed by atoms with van der Waals surface area (Å²) in [6.07, 6.45) is 0.846. The van der Waals surface area contributed by atoms with E-state index >= 15 is 0 Å². The largest absolute Gasteiger partial charge is 0.394 e. The van der Waals surface area contributed by atoms with Gasteiger partial charge in [0.25, 0.3) is 10.9 Å². The molecule has 0 amide bonds. The van der Waals surface area contributed by atoms with Crippen LogP contribution in [0.25, 0.3) is 0 Å². The summed E-state index contributed by atoms with van der Waals surface area (Å²) < 4.78 is 0. The lowest BCUT2D eigenvalue weighted by Gasteiger charge is -2.31. The highest BCUT2D eigenvalue weighted by Crippen LogP contribution is 2.26. The van der Waals surface area contributed by atoms with Crippen LogP contribution in [0.2, 0.25) is 0 Å². The lowest BCUT2D eigenvalue weighted by Crippen LogP contribution is -2.44. The zero-order chi connectivity index (χ0) is 13.6. The number of nitrogen functional groups attached to an aromatic ring is 1. The summed E-state index contributed by atoms with van der Waals surface area (Å²) in [4.78, 5) is 24.6. The molecule has 0 bridgehead atoms. The molecule has 0 aromatic heterocycles. The zero-order valence-electron chi connectivity index (χ0n) is 10.5. The molecule has 1 heterocycles. The van der Waals surface area contributed by atoms with E-state index in [2.05, 4.69) is 12.1 Å². The van der Waals surface area contributed by atoms with Gasteiger partial charge < -0.3 is 16.4 Å². The molecular formula is C14H15N3O2. The summed E-state index contributed by atoms with van der Waals surface area (Å²) in [6.45, 7) is 1.82. The third kappa shape index (κ3) is 1.74. The van der Waals surface area contributed by atoms with Gasteiger partial charge >= 0.3 is 0 Å². The number of fused-ring (bicyclic) bond motifs is 1. The Kier molecular flexibility index (Phi) is 2.64. The van der Waals surface area contributed by atoms with Crippen LogP contribution in [-0.2, 0) is 19.5 Å². The Morgan fingerprint density at radius 2 is 1.95 bits per heavy atom. The second-order valence-electron chi connectivity index (χ2n) is 4.90. The van der Waals surface area contributed by atoms with E-state index in [0.717, 1.165) is 17.5 Å². The third-order valence-electron chi connectivity index (χ3n) is 3.76. The molecular weight excluding hydrogens is 242 g/mol. The summed E-state index contributed by atoms with van der Waals surface area (Å²) in [5.41, 5.74) is 14.2. The molecule has 2 aromatic rings. The van der Waals surface area contributed by atoms with E-state index in [1.54, 1.807) is 0 Å². The number of nitrogens with zero attached hydrogens (tertiary/aromatic N) is 1. The van der Waals surface area contributed by atoms with Crippen molar-refractivity contribution in [2.45, 2.75) is 19.5 Å². The summed E-state index contributed by atoms with van der Waals surface area (Å²) in [6, 6.07) is 6.17. The van der Waals surface area contributed by atoms with Crippen LogP contribution >= 0.6 is 0 Å². The molecule has 1 aliphatic heterocycles. The average Bonchev–Trinajstić information content (AvgIpc) is 2.46. The lowest BCUT2D eigenvalue weighted by molar-refractivity contribution is 0.725. The predicted molar refractivity (Wildman–Crippen MR) is 74.9 cm³/mol. The highest BCUT2D eigenvalue weighted by Gasteiger charge is 2.26. The van der Waals surface area contributed by atoms with Gasteiger partial charge in [-0.3, -0.25) is 9.59 Å². The molecule has 3 rings (SSSR count). The number of benzene rings is 1. The molecule has 0 atom stereocenters. The number of anilines is 2. The number of nitrogens with two attached hydrogens (primary N) is 2. The van der Waals surface area contributed by atoms with Crippen molar-refractivity contribution in [2.75, 3.05) is 17.2 Å². The minimum atomic E-state index is -0.559. The quantitative estimate of drug-likeness (QED) is 0.732. The van der Waals surface area contributed by atoms with Crippen LogP contribution in [0.4, 0.5) is 11.4 Å². The first-order valence-electron chi connectivity index (χ1n) is 6.26. The monoisotopic (exact) mass is 257 g/mol. The molecule has 5 heteroatoms. The van der Waals surface area contributed by atoms with Crippen LogP contribution < -0.4 is 27.2 Å². The molecule has 0 saturated carbocycles. The maximum Gasteiger partial charge on any atom is 0.253 e. The highest BCUT2D eigenvalue weighted by molar-refractivity contribution is 5.73. The van der Waals surface area contributed by atoms with E-state index in [4.69, 9.17) is 11.5 Å². The Labute approximate surface area is 110 Å². The molecule has 0 spiro atoms. The minimum absolute atomic E-state index is 0.100. The van der Waals surface area contributed by atoms with Crippen LogP contribution in [-0.4, -0.2) is 6.54 Å². The standard InChI is InChI=1S/C14H15N3O2/c15-6-8-1-2-9-3-4-17(7-10(9)5-8)12-11(16)13(18)14(12)19/h1-2,5H,3-4,6-7,15-16H2. The van der Waals surface area contributed by atoms with Crippen LogP contribution in [0.15, 0.2) is 27.8 Å². The lowest BCUT2D eigenvalue weighted by atomic mass is 9.96. The summed E-state index contributed by atoms with van der Waals surface area (Å²) in [5, 5.41) is 0. The number of hydrogen-bond acceptors (Lipinski definition) is 5. The Bertz CT molecular complexity index is 714. The topological polar surface area (TPSA) is 89.4 Å². The molecule has 0 unspecified atom stereocenters. The van der Waals surface area contributed by atoms with Crippen molar-refractivity contribution in [3.05, 3.63) is 55.3 Å². The van der Waals surface area contributed by atoms with Crippen molar-refractivity contribution in [1.82, 2.24) is 0 Å². The van der Waals surface area contributed by atoms with E-state index in [0.29, 0.717) is 25.3 Å². The van der Waals surface area contributed by atoms with Crippen LogP contribution in [0, 0.1) is 0 Å². The van der Waals surface area contributed by atoms with Crippen LogP contribution in [0.3, 0.4) is 0 Å². The maximum atomic E-state index is 11.6. The second kappa shape index (κ2) is 4.20. The van der Waals surface area contributed by atoms with Gasteiger partial charge in [0.15, 0.2) is 0 Å². The average molecular weight is 257 g/mol. The second-order valence-corrected chi connectivity index (χ2v) is 4.90. The Morgan fingerprint density at radius 1 is 1.16 bits per heavy atom. The molecule has 98 valence electrons. The first-order valence-corrected chi connectivity index (χ1v) is 6.26. The SMILES string of the molecule is NCc1ccc2c(c1)CN(c1c(N)c(=O)c1=O)CC2. The summed E-state index contributed by atoms with van der Waals surface area (Å²) in [5.74, 6) is 0. The maximum absolute atomic E-state index is 11.6. The van der Waals surface area contributed by atoms with Crippen molar-refractivity contribution in [3.63, 3.8) is 0 Å². The smallest absolute Gasteiger partial charge is 0.253 e. The van der Waals surface area contributed by atoms with Gasteiger partial charge in [-0.25, -0.2) is 0 Å².